The van der Waals surface area contributed by atoms with Crippen molar-refractivity contribution in [2.75, 3.05) is 7.05 Å². The third kappa shape index (κ3) is 2.70. The molecule has 1 heterocycles. The average Bonchev–Trinajstić information content (AvgIpc) is 2.81. The minimum atomic E-state index is 0.177. The molecule has 1 N–H and O–H groups in total. The zero-order valence-electron chi connectivity index (χ0n) is 11.2. The van der Waals surface area contributed by atoms with Gasteiger partial charge in [-0.3, -0.25) is 0 Å². The van der Waals surface area contributed by atoms with Gasteiger partial charge in [-0.1, -0.05) is 35.2 Å². The van der Waals surface area contributed by atoms with Gasteiger partial charge in [-0.2, -0.15) is 0 Å². The van der Waals surface area contributed by atoms with Crippen molar-refractivity contribution < 1.29 is 4.42 Å². The highest BCUT2D eigenvalue weighted by molar-refractivity contribution is 9.10. The maximum atomic E-state index is 5.88. The fraction of sp³-hybridized carbons (Fsp3) is 0.533. The first-order valence-electron chi connectivity index (χ1n) is 6.95. The normalized spacial score (nSPS) is 18.8. The Morgan fingerprint density at radius 3 is 2.84 bits per heavy atom. The smallest absolute Gasteiger partial charge is 0.197 e. The lowest BCUT2D eigenvalue weighted by atomic mass is 9.79. The molecular formula is C15H19BrN2O. The van der Waals surface area contributed by atoms with Crippen LogP contribution in [0, 0.1) is 0 Å². The highest BCUT2D eigenvalue weighted by Crippen LogP contribution is 2.32. The van der Waals surface area contributed by atoms with Crippen molar-refractivity contribution in [1.29, 1.82) is 0 Å². The van der Waals surface area contributed by atoms with Crippen LogP contribution in [-0.2, 0) is 6.42 Å². The number of hydrogen-bond donors (Lipinski definition) is 1. The summed E-state index contributed by atoms with van der Waals surface area (Å²) in [6.07, 6.45) is 7.26. The number of rotatable bonds is 3. The van der Waals surface area contributed by atoms with Crippen LogP contribution in [0.3, 0.4) is 0 Å². The van der Waals surface area contributed by atoms with Gasteiger partial charge in [0.15, 0.2) is 11.5 Å². The van der Waals surface area contributed by atoms with Gasteiger partial charge in [0.05, 0.1) is 0 Å². The largest absolute Gasteiger partial charge is 0.441 e. The molecule has 0 amide bonds. The summed E-state index contributed by atoms with van der Waals surface area (Å²) in [5, 5.41) is 3.51. The van der Waals surface area contributed by atoms with Gasteiger partial charge < -0.3 is 9.73 Å². The molecule has 1 saturated carbocycles. The van der Waals surface area contributed by atoms with E-state index in [0.717, 1.165) is 27.9 Å². The van der Waals surface area contributed by atoms with E-state index in [2.05, 4.69) is 33.3 Å². The lowest BCUT2D eigenvalue weighted by Gasteiger charge is -2.36. The first-order valence-corrected chi connectivity index (χ1v) is 7.74. The number of nitrogens with one attached hydrogen (secondary N) is 1. The molecular weight excluding hydrogens is 304 g/mol. The third-order valence-corrected chi connectivity index (χ3v) is 4.72. The summed E-state index contributed by atoms with van der Waals surface area (Å²) in [5.74, 6) is 0.851. The maximum absolute atomic E-state index is 5.88. The average molecular weight is 323 g/mol. The molecule has 0 bridgehead atoms. The van der Waals surface area contributed by atoms with Gasteiger partial charge in [-0.25, -0.2) is 4.98 Å². The predicted molar refractivity (Wildman–Crippen MR) is 80.3 cm³/mol. The Labute approximate surface area is 121 Å². The van der Waals surface area contributed by atoms with Crippen LogP contribution in [0.2, 0.25) is 0 Å². The van der Waals surface area contributed by atoms with E-state index in [0.29, 0.717) is 0 Å². The van der Waals surface area contributed by atoms with Crippen molar-refractivity contribution in [3.8, 4) is 0 Å². The Morgan fingerprint density at radius 1 is 1.32 bits per heavy atom. The van der Waals surface area contributed by atoms with Crippen LogP contribution < -0.4 is 5.32 Å². The Morgan fingerprint density at radius 2 is 2.11 bits per heavy atom. The summed E-state index contributed by atoms with van der Waals surface area (Å²) in [4.78, 5) is 4.62. The van der Waals surface area contributed by atoms with E-state index in [1.54, 1.807) is 0 Å². The standard InChI is InChI=1S/C15H19BrN2O/c1-17-15(7-3-2-4-8-15)10-14-18-12-9-11(16)5-6-13(12)19-14/h5-6,9,17H,2-4,7-8,10H2,1H3. The minimum Gasteiger partial charge on any atom is -0.441 e. The van der Waals surface area contributed by atoms with Crippen LogP contribution >= 0.6 is 15.9 Å². The molecule has 19 heavy (non-hydrogen) atoms. The molecule has 1 aromatic carbocycles. The molecule has 3 nitrogen and oxygen atoms in total. The van der Waals surface area contributed by atoms with Gasteiger partial charge in [-0.05, 0) is 38.1 Å². The summed E-state index contributed by atoms with van der Waals surface area (Å²) < 4.78 is 6.92. The first kappa shape index (κ1) is 13.1. The molecule has 0 saturated heterocycles. The van der Waals surface area contributed by atoms with E-state index in [1.165, 1.54) is 32.1 Å². The summed E-state index contributed by atoms with van der Waals surface area (Å²) >= 11 is 3.47. The maximum Gasteiger partial charge on any atom is 0.197 e. The van der Waals surface area contributed by atoms with Crippen LogP contribution in [0.5, 0.6) is 0 Å². The van der Waals surface area contributed by atoms with Crippen LogP contribution in [0.25, 0.3) is 11.1 Å². The molecule has 2 aromatic rings. The Kier molecular flexibility index (Phi) is 3.63. The topological polar surface area (TPSA) is 38.1 Å². The summed E-state index contributed by atoms with van der Waals surface area (Å²) in [6.45, 7) is 0. The van der Waals surface area contributed by atoms with E-state index < -0.39 is 0 Å². The minimum absolute atomic E-state index is 0.177. The van der Waals surface area contributed by atoms with Crippen molar-refractivity contribution in [3.63, 3.8) is 0 Å². The van der Waals surface area contributed by atoms with Gasteiger partial charge in [0, 0.05) is 16.4 Å². The molecule has 0 spiro atoms. The summed E-state index contributed by atoms with van der Waals surface area (Å²) in [5.41, 5.74) is 1.99. The second-order valence-electron chi connectivity index (χ2n) is 5.49. The Bertz CT molecular complexity index is 573. The highest BCUT2D eigenvalue weighted by Gasteiger charge is 2.32. The number of fused-ring (bicyclic) bond motifs is 1. The molecule has 1 aliphatic rings. The number of nitrogens with zero attached hydrogens (tertiary/aromatic N) is 1. The number of benzene rings is 1. The Balaban J connectivity index is 1.87. The zero-order valence-corrected chi connectivity index (χ0v) is 12.8. The van der Waals surface area contributed by atoms with Crippen LogP contribution in [0.15, 0.2) is 27.1 Å². The molecule has 1 aliphatic carbocycles. The van der Waals surface area contributed by atoms with Gasteiger partial charge in [0.2, 0.25) is 0 Å². The second kappa shape index (κ2) is 5.25. The fourth-order valence-corrected chi connectivity index (χ4v) is 3.41. The fourth-order valence-electron chi connectivity index (χ4n) is 3.06. The molecule has 1 aromatic heterocycles. The zero-order chi connectivity index (χ0) is 13.3. The molecule has 0 atom stereocenters. The first-order chi connectivity index (χ1) is 9.21. The number of likely N-dealkylation sites (N-methyl/N-ethyl adjacent to an activating group) is 1. The molecule has 1 fully saturated rings. The van der Waals surface area contributed by atoms with Gasteiger partial charge >= 0.3 is 0 Å². The van der Waals surface area contributed by atoms with Crippen molar-refractivity contribution in [1.82, 2.24) is 10.3 Å². The SMILES string of the molecule is CNC1(Cc2nc3cc(Br)ccc3o2)CCCCC1. The number of aromatic nitrogens is 1. The second-order valence-corrected chi connectivity index (χ2v) is 6.40. The van der Waals surface area contributed by atoms with Crippen molar-refractivity contribution >= 4 is 27.0 Å². The van der Waals surface area contributed by atoms with Gasteiger partial charge in [0.25, 0.3) is 0 Å². The van der Waals surface area contributed by atoms with Crippen molar-refractivity contribution in [3.05, 3.63) is 28.6 Å². The highest BCUT2D eigenvalue weighted by atomic mass is 79.9. The van der Waals surface area contributed by atoms with E-state index in [9.17, 15) is 0 Å². The van der Waals surface area contributed by atoms with Crippen LogP contribution in [0.1, 0.15) is 38.0 Å². The van der Waals surface area contributed by atoms with E-state index in [4.69, 9.17) is 4.42 Å². The number of hydrogen-bond acceptors (Lipinski definition) is 3. The molecule has 0 aliphatic heterocycles. The van der Waals surface area contributed by atoms with E-state index in [-0.39, 0.29) is 5.54 Å². The van der Waals surface area contributed by atoms with Crippen LogP contribution in [0.4, 0.5) is 0 Å². The van der Waals surface area contributed by atoms with Gasteiger partial charge in [0.1, 0.15) is 5.52 Å². The number of oxazole rings is 1. The molecule has 102 valence electrons. The lowest BCUT2D eigenvalue weighted by molar-refractivity contribution is 0.230. The van der Waals surface area contributed by atoms with Crippen LogP contribution in [-0.4, -0.2) is 17.6 Å². The van der Waals surface area contributed by atoms with Gasteiger partial charge in [-0.15, -0.1) is 0 Å². The monoisotopic (exact) mass is 322 g/mol. The summed E-state index contributed by atoms with van der Waals surface area (Å²) in [7, 11) is 2.06. The van der Waals surface area contributed by atoms with E-state index >= 15 is 0 Å². The summed E-state index contributed by atoms with van der Waals surface area (Å²) in [6, 6.07) is 5.98. The number of halogens is 1. The Hall–Kier alpha value is -0.870. The molecule has 4 heteroatoms. The molecule has 0 unspecified atom stereocenters. The molecule has 3 rings (SSSR count). The predicted octanol–water partition coefficient (Wildman–Crippen LogP) is 4.06. The molecule has 0 radical (unpaired) electrons. The van der Waals surface area contributed by atoms with Crippen molar-refractivity contribution in [2.45, 2.75) is 44.1 Å². The van der Waals surface area contributed by atoms with Crippen molar-refractivity contribution in [2.24, 2.45) is 0 Å². The van der Waals surface area contributed by atoms with E-state index in [1.807, 2.05) is 18.2 Å². The lowest BCUT2D eigenvalue weighted by Crippen LogP contribution is -2.46. The third-order valence-electron chi connectivity index (χ3n) is 4.22. The quantitative estimate of drug-likeness (QED) is 0.926.